The molecular weight excluding hydrogens is 407 g/mol. The van der Waals surface area contributed by atoms with Crippen LogP contribution in [0.15, 0.2) is 54.7 Å². The number of rotatable bonds is 6. The lowest BCUT2D eigenvalue weighted by Gasteiger charge is -2.14. The number of halogens is 2. The van der Waals surface area contributed by atoms with Crippen LogP contribution < -0.4 is 10.5 Å². The normalized spacial score (nSPS) is 12.3. The zero-order valence-electron chi connectivity index (χ0n) is 15.8. The third kappa shape index (κ3) is 4.53. The van der Waals surface area contributed by atoms with Gasteiger partial charge in [0.1, 0.15) is 17.5 Å². The van der Waals surface area contributed by atoms with E-state index in [-0.39, 0.29) is 6.04 Å². The zero-order chi connectivity index (χ0) is 20.4. The van der Waals surface area contributed by atoms with Crippen LogP contribution in [0.2, 0.25) is 10.2 Å². The second-order valence-corrected chi connectivity index (χ2v) is 7.77. The summed E-state index contributed by atoms with van der Waals surface area (Å²) in [5, 5.41) is 9.42. The summed E-state index contributed by atoms with van der Waals surface area (Å²) < 4.78 is 5.89. The molecule has 2 heterocycles. The highest BCUT2D eigenvalue weighted by molar-refractivity contribution is 6.32. The minimum absolute atomic E-state index is 0.153. The maximum Gasteiger partial charge on any atom is 0.138 e. The number of hydrogen-bond acceptors (Lipinski definition) is 4. The first-order chi connectivity index (χ1) is 14.0. The highest BCUT2D eigenvalue weighted by atomic mass is 35.5. The van der Waals surface area contributed by atoms with Gasteiger partial charge in [-0.25, -0.2) is 4.98 Å². The molecule has 5 nitrogen and oxygen atoms in total. The van der Waals surface area contributed by atoms with Crippen LogP contribution in [0.1, 0.15) is 11.3 Å². The van der Waals surface area contributed by atoms with Gasteiger partial charge in [-0.1, -0.05) is 41.4 Å². The van der Waals surface area contributed by atoms with E-state index in [9.17, 15) is 0 Å². The second-order valence-electron chi connectivity index (χ2n) is 6.98. The van der Waals surface area contributed by atoms with E-state index in [4.69, 9.17) is 33.7 Å². The number of aryl methyl sites for hydroxylation is 1. The van der Waals surface area contributed by atoms with Crippen molar-refractivity contribution in [3.8, 4) is 16.9 Å². The fraction of sp³-hybridized carbons (Fsp3) is 0.182. The van der Waals surface area contributed by atoms with Crippen LogP contribution in [0.25, 0.3) is 22.0 Å². The van der Waals surface area contributed by atoms with Gasteiger partial charge >= 0.3 is 0 Å². The molecule has 2 aromatic heterocycles. The Bertz CT molecular complexity index is 1140. The molecule has 29 heavy (non-hydrogen) atoms. The predicted molar refractivity (Wildman–Crippen MR) is 118 cm³/mol. The van der Waals surface area contributed by atoms with Gasteiger partial charge < -0.3 is 10.5 Å². The number of aromatic amines is 1. The number of nitrogens with one attached hydrogen (secondary N) is 1. The third-order valence-electron chi connectivity index (χ3n) is 4.75. The highest BCUT2D eigenvalue weighted by Crippen LogP contribution is 2.32. The molecule has 148 valence electrons. The van der Waals surface area contributed by atoms with Gasteiger partial charge in [0.2, 0.25) is 0 Å². The Hall–Kier alpha value is -2.60. The molecule has 4 aromatic rings. The summed E-state index contributed by atoms with van der Waals surface area (Å²) in [4.78, 5) is 4.28. The van der Waals surface area contributed by atoms with Gasteiger partial charge in [0.25, 0.3) is 0 Å². The number of nitrogens with zero attached hydrogens (tertiary/aromatic N) is 2. The van der Waals surface area contributed by atoms with Crippen molar-refractivity contribution in [2.24, 2.45) is 5.73 Å². The summed E-state index contributed by atoms with van der Waals surface area (Å²) in [5.74, 6) is 0.625. The van der Waals surface area contributed by atoms with E-state index in [1.165, 1.54) is 0 Å². The van der Waals surface area contributed by atoms with Gasteiger partial charge in [0.15, 0.2) is 0 Å². The summed E-state index contributed by atoms with van der Waals surface area (Å²) in [6, 6.07) is 15.4. The highest BCUT2D eigenvalue weighted by Gasteiger charge is 2.11. The molecule has 0 spiro atoms. The molecule has 0 bridgehead atoms. The van der Waals surface area contributed by atoms with Crippen molar-refractivity contribution < 1.29 is 4.74 Å². The van der Waals surface area contributed by atoms with Crippen LogP contribution >= 0.6 is 23.2 Å². The van der Waals surface area contributed by atoms with Crippen molar-refractivity contribution in [3.63, 3.8) is 0 Å². The summed E-state index contributed by atoms with van der Waals surface area (Å²) in [6.45, 7) is 2.33. The van der Waals surface area contributed by atoms with Crippen molar-refractivity contribution >= 4 is 34.1 Å². The molecule has 2 aromatic carbocycles. The summed E-state index contributed by atoms with van der Waals surface area (Å²) in [5.41, 5.74) is 11.0. The van der Waals surface area contributed by atoms with Crippen molar-refractivity contribution in [1.82, 2.24) is 15.2 Å². The van der Waals surface area contributed by atoms with Crippen molar-refractivity contribution in [2.45, 2.75) is 19.4 Å². The van der Waals surface area contributed by atoms with E-state index < -0.39 is 0 Å². The number of benzene rings is 2. The molecule has 0 saturated heterocycles. The maximum absolute atomic E-state index is 6.35. The van der Waals surface area contributed by atoms with Crippen LogP contribution in [0, 0.1) is 6.92 Å². The van der Waals surface area contributed by atoms with E-state index in [1.807, 2.05) is 55.5 Å². The lowest BCUT2D eigenvalue weighted by molar-refractivity contribution is 0.287. The van der Waals surface area contributed by atoms with Crippen LogP contribution in [0.5, 0.6) is 5.75 Å². The average Bonchev–Trinajstić information content (AvgIpc) is 3.09. The van der Waals surface area contributed by atoms with E-state index in [0.717, 1.165) is 33.3 Å². The van der Waals surface area contributed by atoms with Crippen molar-refractivity contribution in [3.05, 3.63) is 76.2 Å². The van der Waals surface area contributed by atoms with Crippen LogP contribution in [-0.4, -0.2) is 27.8 Å². The Morgan fingerprint density at radius 3 is 2.69 bits per heavy atom. The average molecular weight is 427 g/mol. The standard InChI is InChI=1S/C22H20Cl2N4O/c1-13-19-9-15(4-7-21(19)28-27-13)20-10-18(11-26-22(20)24)29-12-17(25)8-14-2-5-16(23)6-3-14/h2-7,9-11,17H,8,12,25H2,1H3,(H,27,28). The van der Waals surface area contributed by atoms with Gasteiger partial charge in [-0.2, -0.15) is 5.10 Å². The Labute approximate surface area is 178 Å². The van der Waals surface area contributed by atoms with E-state index in [1.54, 1.807) is 6.20 Å². The van der Waals surface area contributed by atoms with Crippen molar-refractivity contribution in [1.29, 1.82) is 0 Å². The Balaban J connectivity index is 1.48. The predicted octanol–water partition coefficient (Wildman–Crippen LogP) is 5.19. The van der Waals surface area contributed by atoms with Gasteiger partial charge in [0.05, 0.1) is 17.4 Å². The van der Waals surface area contributed by atoms with Gasteiger partial charge in [-0.15, -0.1) is 0 Å². The van der Waals surface area contributed by atoms with Gasteiger partial charge in [0, 0.05) is 22.0 Å². The second kappa shape index (κ2) is 8.41. The van der Waals surface area contributed by atoms with E-state index in [0.29, 0.717) is 29.0 Å². The lowest BCUT2D eigenvalue weighted by Crippen LogP contribution is -2.30. The first-order valence-corrected chi connectivity index (χ1v) is 9.98. The number of H-pyrrole nitrogens is 1. The molecule has 0 aliphatic rings. The van der Waals surface area contributed by atoms with Crippen molar-refractivity contribution in [2.75, 3.05) is 6.61 Å². The zero-order valence-corrected chi connectivity index (χ0v) is 17.3. The Morgan fingerprint density at radius 1 is 1.10 bits per heavy atom. The lowest BCUT2D eigenvalue weighted by atomic mass is 10.0. The van der Waals surface area contributed by atoms with Crippen LogP contribution in [0.4, 0.5) is 0 Å². The largest absolute Gasteiger partial charge is 0.490 e. The molecule has 0 amide bonds. The molecule has 4 rings (SSSR count). The summed E-state index contributed by atoms with van der Waals surface area (Å²) in [6.07, 6.45) is 2.31. The number of pyridine rings is 1. The topological polar surface area (TPSA) is 76.8 Å². The Kier molecular flexibility index (Phi) is 5.72. The number of aromatic nitrogens is 3. The molecule has 1 unspecified atom stereocenters. The minimum atomic E-state index is -0.153. The Morgan fingerprint density at radius 2 is 1.90 bits per heavy atom. The number of hydrogen-bond donors (Lipinski definition) is 2. The minimum Gasteiger partial charge on any atom is -0.490 e. The molecule has 3 N–H and O–H groups in total. The molecule has 0 aliphatic heterocycles. The first-order valence-electron chi connectivity index (χ1n) is 9.23. The van der Waals surface area contributed by atoms with E-state index in [2.05, 4.69) is 15.2 Å². The fourth-order valence-electron chi connectivity index (χ4n) is 3.21. The maximum atomic E-state index is 6.35. The number of nitrogens with two attached hydrogens (primary N) is 1. The number of ether oxygens (including phenoxy) is 1. The van der Waals surface area contributed by atoms with Crippen LogP contribution in [0.3, 0.4) is 0 Å². The number of fused-ring (bicyclic) bond motifs is 1. The monoisotopic (exact) mass is 426 g/mol. The smallest absolute Gasteiger partial charge is 0.138 e. The summed E-state index contributed by atoms with van der Waals surface area (Å²) in [7, 11) is 0. The molecule has 0 saturated carbocycles. The summed E-state index contributed by atoms with van der Waals surface area (Å²) >= 11 is 12.3. The first kappa shape index (κ1) is 19.7. The molecule has 7 heteroatoms. The SMILES string of the molecule is Cc1n[nH]c2ccc(-c3cc(OCC(N)Cc4ccc(Cl)cc4)cnc3Cl)cc12. The molecule has 0 radical (unpaired) electrons. The molecule has 1 atom stereocenters. The third-order valence-corrected chi connectivity index (χ3v) is 5.31. The van der Waals surface area contributed by atoms with Gasteiger partial charge in [-0.3, -0.25) is 5.10 Å². The molecule has 0 fully saturated rings. The van der Waals surface area contributed by atoms with Crippen LogP contribution in [-0.2, 0) is 6.42 Å². The fourth-order valence-corrected chi connectivity index (χ4v) is 3.55. The van der Waals surface area contributed by atoms with E-state index >= 15 is 0 Å². The quantitative estimate of drug-likeness (QED) is 0.415. The van der Waals surface area contributed by atoms with Gasteiger partial charge in [-0.05, 0) is 54.8 Å². The molecular formula is C22H20Cl2N4O. The molecule has 0 aliphatic carbocycles.